The van der Waals surface area contributed by atoms with Crippen LogP contribution in [0.1, 0.15) is 6.42 Å². The van der Waals surface area contributed by atoms with E-state index in [1.54, 1.807) is 0 Å². The second-order valence-electron chi connectivity index (χ2n) is 1.57. The number of amides is 1. The first kappa shape index (κ1) is 8.39. The van der Waals surface area contributed by atoms with Crippen molar-refractivity contribution in [3.63, 3.8) is 0 Å². The van der Waals surface area contributed by atoms with Crippen LogP contribution in [0.2, 0.25) is 0 Å². The van der Waals surface area contributed by atoms with E-state index in [1.807, 2.05) is 0 Å². The van der Waals surface area contributed by atoms with E-state index in [1.165, 1.54) is 0 Å². The Labute approximate surface area is 53.5 Å². The van der Waals surface area contributed by atoms with E-state index in [4.69, 9.17) is 5.11 Å². The van der Waals surface area contributed by atoms with E-state index >= 15 is 0 Å². The minimum Gasteiger partial charge on any atom is -0.387 e. The van der Waals surface area contributed by atoms with Crippen LogP contribution in [0.3, 0.4) is 0 Å². The molecule has 0 fully saturated rings. The van der Waals surface area contributed by atoms with Gasteiger partial charge >= 0.3 is 0 Å². The zero-order valence-corrected chi connectivity index (χ0v) is 5.09. The fourth-order valence-electron chi connectivity index (χ4n) is 0.356. The van der Waals surface area contributed by atoms with Crippen LogP contribution >= 0.6 is 0 Å². The fourth-order valence-corrected chi connectivity index (χ4v) is 0.356. The van der Waals surface area contributed by atoms with Crippen LogP contribution in [0.5, 0.6) is 0 Å². The Balaban J connectivity index is 2.97. The van der Waals surface area contributed by atoms with Crippen molar-refractivity contribution in [2.24, 2.45) is 0 Å². The maximum atomic E-state index is 10.2. The van der Waals surface area contributed by atoms with Gasteiger partial charge in [-0.25, -0.2) is 5.11 Å². The summed E-state index contributed by atoms with van der Waals surface area (Å²) >= 11 is 0. The van der Waals surface area contributed by atoms with Gasteiger partial charge in [0.2, 0.25) is 5.91 Å². The molecule has 0 heterocycles. The summed E-state index contributed by atoms with van der Waals surface area (Å²) in [6, 6.07) is 0. The lowest BCUT2D eigenvalue weighted by Gasteiger charge is -1.97. The molecule has 53 valence electrons. The van der Waals surface area contributed by atoms with Crippen molar-refractivity contribution in [3.8, 4) is 0 Å². The predicted molar refractivity (Wildman–Crippen MR) is 30.3 cm³/mol. The molecular formula is C5H10NO3. The first-order valence-electron chi connectivity index (χ1n) is 2.77. The maximum absolute atomic E-state index is 10.2. The average molecular weight is 132 g/mol. The molecule has 0 saturated heterocycles. The number of nitrogens with one attached hydrogen (secondary N) is 1. The Kier molecular flexibility index (Phi) is 5.15. The van der Waals surface area contributed by atoms with Gasteiger partial charge in [-0.1, -0.05) is 0 Å². The van der Waals surface area contributed by atoms with E-state index in [-0.39, 0.29) is 6.61 Å². The Morgan fingerprint density at radius 2 is 2.22 bits per heavy atom. The number of carbonyl (C=O) groups excluding carboxylic acids is 1. The topological polar surface area (TPSA) is 69.2 Å². The maximum Gasteiger partial charge on any atom is 0.245 e. The zero-order valence-electron chi connectivity index (χ0n) is 5.09. The number of aliphatic hydroxyl groups is 1. The van der Waals surface area contributed by atoms with E-state index < -0.39 is 12.5 Å². The number of hydrogen-bond acceptors (Lipinski definition) is 2. The summed E-state index contributed by atoms with van der Waals surface area (Å²) in [6.45, 7) is -0.326. The summed E-state index contributed by atoms with van der Waals surface area (Å²) in [5.41, 5.74) is 0. The molecule has 2 N–H and O–H groups in total. The molecular weight excluding hydrogens is 122 g/mol. The summed E-state index contributed by atoms with van der Waals surface area (Å²) in [6.07, 6.45) is 0.422. The number of hydrogen-bond donors (Lipinski definition) is 2. The van der Waals surface area contributed by atoms with Gasteiger partial charge in [-0.2, -0.15) is 0 Å². The van der Waals surface area contributed by atoms with E-state index in [0.717, 1.165) is 0 Å². The van der Waals surface area contributed by atoms with E-state index in [9.17, 15) is 9.90 Å². The van der Waals surface area contributed by atoms with Crippen LogP contribution in [-0.2, 0) is 9.90 Å². The number of carbonyl (C=O) groups is 1. The molecule has 9 heavy (non-hydrogen) atoms. The fraction of sp³-hybridized carbons (Fsp3) is 0.800. The lowest BCUT2D eigenvalue weighted by molar-refractivity contribution is -0.123. The molecule has 0 spiro atoms. The Bertz CT molecular complexity index is 84.3. The molecule has 0 atom stereocenters. The van der Waals surface area contributed by atoms with Gasteiger partial charge in [-0.3, -0.25) is 4.79 Å². The van der Waals surface area contributed by atoms with Crippen LogP contribution in [0.15, 0.2) is 0 Å². The van der Waals surface area contributed by atoms with Crippen molar-refractivity contribution in [3.05, 3.63) is 0 Å². The Morgan fingerprint density at radius 1 is 1.56 bits per heavy atom. The van der Waals surface area contributed by atoms with Crippen molar-refractivity contribution in [2.75, 3.05) is 19.8 Å². The molecule has 4 nitrogen and oxygen atoms in total. The summed E-state index contributed by atoms with van der Waals surface area (Å²) in [4.78, 5) is 10.2. The third-order valence-corrected chi connectivity index (χ3v) is 0.787. The van der Waals surface area contributed by atoms with Gasteiger partial charge < -0.3 is 10.4 Å². The Morgan fingerprint density at radius 3 is 2.67 bits per heavy atom. The second-order valence-corrected chi connectivity index (χ2v) is 1.57. The zero-order chi connectivity index (χ0) is 7.11. The molecule has 1 amide bonds. The van der Waals surface area contributed by atoms with Gasteiger partial charge in [0.05, 0.1) is 6.61 Å². The quantitative estimate of drug-likeness (QED) is 0.477. The van der Waals surface area contributed by atoms with Crippen LogP contribution in [0, 0.1) is 0 Å². The van der Waals surface area contributed by atoms with Crippen molar-refractivity contribution < 1.29 is 15.0 Å². The van der Waals surface area contributed by atoms with Gasteiger partial charge in [0.1, 0.15) is 6.61 Å². The summed E-state index contributed by atoms with van der Waals surface area (Å²) in [7, 11) is 0. The van der Waals surface area contributed by atoms with Crippen LogP contribution in [-0.4, -0.2) is 30.8 Å². The molecule has 4 heteroatoms. The molecule has 1 radical (unpaired) electrons. The molecule has 0 unspecified atom stereocenters. The van der Waals surface area contributed by atoms with Gasteiger partial charge in [0, 0.05) is 6.54 Å². The lowest BCUT2D eigenvalue weighted by Crippen LogP contribution is -2.27. The minimum absolute atomic E-state index is 0.189. The molecule has 0 aliphatic heterocycles. The van der Waals surface area contributed by atoms with Crippen LogP contribution < -0.4 is 5.32 Å². The van der Waals surface area contributed by atoms with Crippen LogP contribution in [0.25, 0.3) is 0 Å². The first-order valence-corrected chi connectivity index (χ1v) is 2.77. The van der Waals surface area contributed by atoms with Crippen molar-refractivity contribution in [1.82, 2.24) is 5.32 Å². The molecule has 0 aromatic carbocycles. The summed E-state index contributed by atoms with van der Waals surface area (Å²) < 4.78 is 0. The largest absolute Gasteiger partial charge is 0.387 e. The van der Waals surface area contributed by atoms with Gasteiger partial charge in [-0.15, -0.1) is 0 Å². The second kappa shape index (κ2) is 5.53. The molecule has 0 aromatic heterocycles. The lowest BCUT2D eigenvalue weighted by atomic mass is 10.4. The highest BCUT2D eigenvalue weighted by Crippen LogP contribution is 1.71. The van der Waals surface area contributed by atoms with Crippen molar-refractivity contribution in [2.45, 2.75) is 6.42 Å². The normalized spacial score (nSPS) is 9.11. The highest BCUT2D eigenvalue weighted by Gasteiger charge is 1.93. The molecule has 0 rings (SSSR count). The third kappa shape index (κ3) is 5.26. The molecule has 0 aliphatic rings. The number of rotatable bonds is 4. The summed E-state index contributed by atoms with van der Waals surface area (Å²) in [5.74, 6) is -0.427. The van der Waals surface area contributed by atoms with Gasteiger partial charge in [0.25, 0.3) is 0 Å². The summed E-state index contributed by atoms with van der Waals surface area (Å²) in [5, 5.41) is 20.3. The Hall–Kier alpha value is -0.610. The first-order chi connectivity index (χ1) is 4.31. The highest BCUT2D eigenvalue weighted by molar-refractivity contribution is 5.76. The monoisotopic (exact) mass is 132 g/mol. The van der Waals surface area contributed by atoms with Crippen molar-refractivity contribution in [1.29, 1.82) is 0 Å². The minimum atomic E-state index is -0.501. The molecule has 0 bridgehead atoms. The molecule has 0 saturated carbocycles. The number of aliphatic hydroxyl groups excluding tert-OH is 1. The standard InChI is InChI=1S/C5H10NO3/c7-3-1-2-6-5(9)4-8/h8H,1-4H2,(H,6,9). The highest BCUT2D eigenvalue weighted by atomic mass is 16.3. The van der Waals surface area contributed by atoms with Gasteiger partial charge in [0.15, 0.2) is 0 Å². The predicted octanol–water partition coefficient (Wildman–Crippen LogP) is -1.08. The third-order valence-electron chi connectivity index (χ3n) is 0.787. The molecule has 0 aliphatic carbocycles. The molecule has 0 aromatic rings. The van der Waals surface area contributed by atoms with Gasteiger partial charge in [-0.05, 0) is 6.42 Å². The van der Waals surface area contributed by atoms with Crippen molar-refractivity contribution >= 4 is 5.91 Å². The SMILES string of the molecule is [O]CCCNC(=O)CO. The van der Waals surface area contributed by atoms with E-state index in [0.29, 0.717) is 13.0 Å². The van der Waals surface area contributed by atoms with Crippen LogP contribution in [0.4, 0.5) is 0 Å². The van der Waals surface area contributed by atoms with E-state index in [2.05, 4.69) is 5.32 Å². The smallest absolute Gasteiger partial charge is 0.245 e. The average Bonchev–Trinajstić information content (AvgIpc) is 1.89.